The average Bonchev–Trinajstić information content (AvgIpc) is 2.67. The van der Waals surface area contributed by atoms with Gasteiger partial charge in [0.15, 0.2) is 0 Å². The van der Waals surface area contributed by atoms with Crippen LogP contribution in [-0.4, -0.2) is 16.8 Å². The van der Waals surface area contributed by atoms with Gasteiger partial charge in [-0.05, 0) is 48.9 Å². The first kappa shape index (κ1) is 12.4. The van der Waals surface area contributed by atoms with Gasteiger partial charge in [-0.15, -0.1) is 0 Å². The highest BCUT2D eigenvalue weighted by Gasteiger charge is 2.20. The van der Waals surface area contributed by atoms with Crippen molar-refractivity contribution in [2.75, 3.05) is 0 Å². The van der Waals surface area contributed by atoms with Gasteiger partial charge < -0.3 is 9.94 Å². The molecule has 4 nitrogen and oxygen atoms in total. The molecule has 0 aliphatic carbocycles. The molecule has 2 rings (SSSR count). The lowest BCUT2D eigenvalue weighted by molar-refractivity contribution is -0.136. The monoisotopic (exact) mass is 263 g/mol. The van der Waals surface area contributed by atoms with E-state index in [1.54, 1.807) is 31.2 Å². The standard InChI is InChI=1S/C13H10ClNO3/c1-8-11(13(17)18-15-8)6-7-12(14)9-2-4-10(16)5-3-9/h2-7,16H,1H3/b11-6-,12-7-. The molecule has 92 valence electrons. The maximum absolute atomic E-state index is 11.3. The average molecular weight is 264 g/mol. The van der Waals surface area contributed by atoms with Crippen LogP contribution >= 0.6 is 11.6 Å². The maximum atomic E-state index is 11.3. The lowest BCUT2D eigenvalue weighted by atomic mass is 10.1. The fourth-order valence-corrected chi connectivity index (χ4v) is 1.61. The van der Waals surface area contributed by atoms with Crippen LogP contribution in [0.15, 0.2) is 47.1 Å². The van der Waals surface area contributed by atoms with Crippen LogP contribution in [-0.2, 0) is 9.63 Å². The molecule has 0 saturated heterocycles. The number of carbonyl (C=O) groups excluding carboxylic acids is 1. The molecule has 1 heterocycles. The van der Waals surface area contributed by atoms with Gasteiger partial charge in [-0.3, -0.25) is 0 Å². The molecule has 0 spiro atoms. The number of hydrogen-bond donors (Lipinski definition) is 1. The minimum absolute atomic E-state index is 0.170. The van der Waals surface area contributed by atoms with Gasteiger partial charge in [0.2, 0.25) is 0 Å². The van der Waals surface area contributed by atoms with Crippen LogP contribution in [0.5, 0.6) is 5.75 Å². The molecule has 18 heavy (non-hydrogen) atoms. The first-order chi connectivity index (χ1) is 8.58. The lowest BCUT2D eigenvalue weighted by Crippen LogP contribution is -2.01. The second-order valence-corrected chi connectivity index (χ2v) is 4.10. The second-order valence-electron chi connectivity index (χ2n) is 3.70. The topological polar surface area (TPSA) is 58.9 Å². The fourth-order valence-electron chi connectivity index (χ4n) is 1.42. The van der Waals surface area contributed by atoms with E-state index in [0.717, 1.165) is 5.56 Å². The third-order valence-corrected chi connectivity index (χ3v) is 2.76. The Balaban J connectivity index is 2.24. The van der Waals surface area contributed by atoms with Crippen molar-refractivity contribution in [1.82, 2.24) is 0 Å². The molecule has 5 heteroatoms. The van der Waals surface area contributed by atoms with Gasteiger partial charge in [-0.2, -0.15) is 0 Å². The first-order valence-electron chi connectivity index (χ1n) is 5.21. The molecular formula is C13H10ClNO3. The van der Waals surface area contributed by atoms with Crippen LogP contribution in [0.25, 0.3) is 5.03 Å². The smallest absolute Gasteiger partial charge is 0.367 e. The summed E-state index contributed by atoms with van der Waals surface area (Å²) in [4.78, 5) is 15.8. The molecule has 0 atom stereocenters. The Morgan fingerprint density at radius 1 is 1.39 bits per heavy atom. The van der Waals surface area contributed by atoms with Crippen molar-refractivity contribution in [3.05, 3.63) is 47.6 Å². The number of nitrogens with zero attached hydrogens (tertiary/aromatic N) is 1. The van der Waals surface area contributed by atoms with E-state index in [4.69, 9.17) is 16.7 Å². The molecule has 0 fully saturated rings. The number of hydrogen-bond acceptors (Lipinski definition) is 4. The Bertz CT molecular complexity index is 570. The third-order valence-electron chi connectivity index (χ3n) is 2.41. The molecule has 0 amide bonds. The summed E-state index contributed by atoms with van der Waals surface area (Å²) < 4.78 is 0. The van der Waals surface area contributed by atoms with Crippen LogP contribution in [0.3, 0.4) is 0 Å². The minimum Gasteiger partial charge on any atom is -0.508 e. The van der Waals surface area contributed by atoms with E-state index >= 15 is 0 Å². The van der Waals surface area contributed by atoms with Crippen LogP contribution in [0, 0.1) is 0 Å². The van der Waals surface area contributed by atoms with Crippen LogP contribution in [0.4, 0.5) is 0 Å². The molecule has 1 aliphatic heterocycles. The molecule has 1 aromatic carbocycles. The highest BCUT2D eigenvalue weighted by atomic mass is 35.5. The van der Waals surface area contributed by atoms with Crippen molar-refractivity contribution in [3.8, 4) is 5.75 Å². The van der Waals surface area contributed by atoms with E-state index in [0.29, 0.717) is 16.3 Å². The highest BCUT2D eigenvalue weighted by Crippen LogP contribution is 2.22. The first-order valence-corrected chi connectivity index (χ1v) is 5.59. The summed E-state index contributed by atoms with van der Waals surface area (Å²) >= 11 is 6.08. The summed E-state index contributed by atoms with van der Waals surface area (Å²) in [6, 6.07) is 6.44. The van der Waals surface area contributed by atoms with Crippen molar-refractivity contribution in [2.45, 2.75) is 6.92 Å². The Hall–Kier alpha value is -2.07. The van der Waals surface area contributed by atoms with Crippen molar-refractivity contribution < 1.29 is 14.7 Å². The number of halogens is 1. The second kappa shape index (κ2) is 5.06. The number of carbonyl (C=O) groups is 1. The van der Waals surface area contributed by atoms with Crippen LogP contribution < -0.4 is 0 Å². The van der Waals surface area contributed by atoms with E-state index in [1.165, 1.54) is 12.1 Å². The van der Waals surface area contributed by atoms with Crippen molar-refractivity contribution in [2.24, 2.45) is 5.16 Å². The number of allylic oxidation sites excluding steroid dienone is 2. The molecule has 1 aliphatic rings. The third kappa shape index (κ3) is 2.60. The zero-order chi connectivity index (χ0) is 13.1. The van der Waals surface area contributed by atoms with Gasteiger partial charge >= 0.3 is 5.97 Å². The molecule has 1 aromatic rings. The summed E-state index contributed by atoms with van der Waals surface area (Å²) in [6.07, 6.45) is 3.15. The van der Waals surface area contributed by atoms with E-state index < -0.39 is 5.97 Å². The van der Waals surface area contributed by atoms with Crippen LogP contribution in [0.2, 0.25) is 0 Å². The number of phenols is 1. The van der Waals surface area contributed by atoms with Crippen molar-refractivity contribution in [3.63, 3.8) is 0 Å². The molecule has 0 bridgehead atoms. The molecular weight excluding hydrogens is 254 g/mol. The van der Waals surface area contributed by atoms with Gasteiger partial charge in [0, 0.05) is 5.03 Å². The maximum Gasteiger partial charge on any atom is 0.367 e. The summed E-state index contributed by atoms with van der Waals surface area (Å²) in [5, 5.41) is 13.2. The molecule has 1 N–H and O–H groups in total. The number of oxime groups is 1. The molecule has 0 radical (unpaired) electrons. The normalized spacial score (nSPS) is 17.9. The quantitative estimate of drug-likeness (QED) is 0.659. The Labute approximate surface area is 109 Å². The number of phenolic OH excluding ortho intramolecular Hbond substituents is 1. The minimum atomic E-state index is -0.487. The zero-order valence-corrected chi connectivity index (χ0v) is 10.3. The molecule has 0 aromatic heterocycles. The summed E-state index contributed by atoms with van der Waals surface area (Å²) in [7, 11) is 0. The van der Waals surface area contributed by atoms with Crippen LogP contribution in [0.1, 0.15) is 12.5 Å². The molecule has 0 unspecified atom stereocenters. The Morgan fingerprint density at radius 2 is 2.06 bits per heavy atom. The van der Waals surface area contributed by atoms with E-state index in [-0.39, 0.29) is 5.75 Å². The Morgan fingerprint density at radius 3 is 2.61 bits per heavy atom. The van der Waals surface area contributed by atoms with Crippen molar-refractivity contribution >= 4 is 28.3 Å². The molecule has 0 saturated carbocycles. The number of rotatable bonds is 2. The predicted octanol–water partition coefficient (Wildman–Crippen LogP) is 2.83. The summed E-state index contributed by atoms with van der Waals surface area (Å²) in [6.45, 7) is 1.68. The van der Waals surface area contributed by atoms with Gasteiger partial charge in [0.1, 0.15) is 5.75 Å². The van der Waals surface area contributed by atoms with E-state index in [9.17, 15) is 4.79 Å². The number of benzene rings is 1. The lowest BCUT2D eigenvalue weighted by Gasteiger charge is -1.98. The van der Waals surface area contributed by atoms with Gasteiger partial charge in [-0.25, -0.2) is 4.79 Å². The number of aromatic hydroxyl groups is 1. The van der Waals surface area contributed by atoms with E-state index in [1.807, 2.05) is 0 Å². The fraction of sp³-hybridized carbons (Fsp3) is 0.0769. The highest BCUT2D eigenvalue weighted by molar-refractivity contribution is 6.49. The zero-order valence-electron chi connectivity index (χ0n) is 9.55. The van der Waals surface area contributed by atoms with Crippen molar-refractivity contribution in [1.29, 1.82) is 0 Å². The van der Waals surface area contributed by atoms with Gasteiger partial charge in [-0.1, -0.05) is 16.8 Å². The summed E-state index contributed by atoms with van der Waals surface area (Å²) in [5.74, 6) is -0.317. The predicted molar refractivity (Wildman–Crippen MR) is 69.2 cm³/mol. The van der Waals surface area contributed by atoms with E-state index in [2.05, 4.69) is 9.99 Å². The summed E-state index contributed by atoms with van der Waals surface area (Å²) in [5.41, 5.74) is 1.64. The van der Waals surface area contributed by atoms with Gasteiger partial charge in [0.05, 0.1) is 11.3 Å². The largest absolute Gasteiger partial charge is 0.508 e. The SMILES string of the molecule is CC1=NOC(=O)/C1=C\C=C(/Cl)c1ccc(O)cc1. The Kier molecular flexibility index (Phi) is 3.48. The van der Waals surface area contributed by atoms with Gasteiger partial charge in [0.25, 0.3) is 0 Å².